The smallest absolute Gasteiger partial charge is 0.0624 e. The van der Waals surface area contributed by atoms with Crippen LogP contribution in [0.5, 0.6) is 0 Å². The summed E-state index contributed by atoms with van der Waals surface area (Å²) < 4.78 is 0. The Morgan fingerprint density at radius 1 is 1.17 bits per heavy atom. The second-order valence-corrected chi connectivity index (χ2v) is 6.10. The molecule has 1 aliphatic rings. The van der Waals surface area contributed by atoms with Gasteiger partial charge < -0.3 is 10.0 Å². The fourth-order valence-electron chi connectivity index (χ4n) is 2.84. The molecule has 1 heterocycles. The SMILES string of the molecule is CC(C)c1cccc(N2C[C@@H](C)C(O)[C@@H](C)C2)c1. The lowest BCUT2D eigenvalue weighted by Crippen LogP contribution is -2.47. The van der Waals surface area contributed by atoms with E-state index < -0.39 is 0 Å². The van der Waals surface area contributed by atoms with E-state index in [1.54, 1.807) is 0 Å². The van der Waals surface area contributed by atoms with Crippen molar-refractivity contribution in [3.8, 4) is 0 Å². The van der Waals surface area contributed by atoms with Crippen LogP contribution < -0.4 is 4.90 Å². The lowest BCUT2D eigenvalue weighted by Gasteiger charge is -2.40. The average molecular weight is 247 g/mol. The van der Waals surface area contributed by atoms with Gasteiger partial charge in [-0.1, -0.05) is 39.8 Å². The predicted octanol–water partition coefficient (Wildman–Crippen LogP) is 3.26. The van der Waals surface area contributed by atoms with Crippen molar-refractivity contribution in [3.63, 3.8) is 0 Å². The van der Waals surface area contributed by atoms with E-state index in [2.05, 4.69) is 56.9 Å². The largest absolute Gasteiger partial charge is 0.392 e. The first-order valence-electron chi connectivity index (χ1n) is 7.02. The molecule has 1 saturated heterocycles. The zero-order valence-electron chi connectivity index (χ0n) is 11.9. The Hall–Kier alpha value is -1.02. The molecule has 1 aliphatic heterocycles. The minimum absolute atomic E-state index is 0.158. The molecular weight excluding hydrogens is 222 g/mol. The van der Waals surface area contributed by atoms with Gasteiger partial charge in [0.05, 0.1) is 6.10 Å². The Labute approximate surface area is 111 Å². The third-order valence-electron chi connectivity index (χ3n) is 4.08. The molecule has 100 valence electrons. The molecule has 2 rings (SSSR count). The summed E-state index contributed by atoms with van der Waals surface area (Å²) in [7, 11) is 0. The molecule has 1 unspecified atom stereocenters. The number of anilines is 1. The monoisotopic (exact) mass is 247 g/mol. The molecule has 0 aromatic heterocycles. The molecule has 1 fully saturated rings. The number of benzene rings is 1. The fraction of sp³-hybridized carbons (Fsp3) is 0.625. The number of nitrogens with zero attached hydrogens (tertiary/aromatic N) is 1. The van der Waals surface area contributed by atoms with E-state index in [1.165, 1.54) is 11.3 Å². The third kappa shape index (κ3) is 2.69. The van der Waals surface area contributed by atoms with Gasteiger partial charge in [0.1, 0.15) is 0 Å². The van der Waals surface area contributed by atoms with Gasteiger partial charge in [-0.25, -0.2) is 0 Å². The van der Waals surface area contributed by atoms with Gasteiger partial charge in [0, 0.05) is 18.8 Å². The molecule has 0 bridgehead atoms. The van der Waals surface area contributed by atoms with Gasteiger partial charge >= 0.3 is 0 Å². The zero-order valence-corrected chi connectivity index (χ0v) is 11.9. The highest BCUT2D eigenvalue weighted by atomic mass is 16.3. The summed E-state index contributed by atoms with van der Waals surface area (Å²) in [5.41, 5.74) is 2.69. The Kier molecular flexibility index (Phi) is 3.96. The molecule has 1 N–H and O–H groups in total. The van der Waals surface area contributed by atoms with Gasteiger partial charge in [-0.3, -0.25) is 0 Å². The van der Waals surface area contributed by atoms with Crippen LogP contribution in [0.25, 0.3) is 0 Å². The van der Waals surface area contributed by atoms with Crippen molar-refractivity contribution in [1.82, 2.24) is 0 Å². The summed E-state index contributed by atoms with van der Waals surface area (Å²) in [6, 6.07) is 8.82. The first-order chi connectivity index (χ1) is 8.49. The molecular formula is C16H25NO. The fourth-order valence-corrected chi connectivity index (χ4v) is 2.84. The molecule has 1 aromatic rings. The van der Waals surface area contributed by atoms with Crippen molar-refractivity contribution in [2.24, 2.45) is 11.8 Å². The van der Waals surface area contributed by atoms with Crippen LogP contribution in [-0.4, -0.2) is 24.3 Å². The molecule has 0 spiro atoms. The Balaban J connectivity index is 2.19. The van der Waals surface area contributed by atoms with Gasteiger partial charge in [0.2, 0.25) is 0 Å². The highest BCUT2D eigenvalue weighted by Crippen LogP contribution is 2.28. The van der Waals surface area contributed by atoms with Crippen molar-refractivity contribution in [2.45, 2.75) is 39.7 Å². The quantitative estimate of drug-likeness (QED) is 0.867. The number of hydrogen-bond acceptors (Lipinski definition) is 2. The van der Waals surface area contributed by atoms with E-state index >= 15 is 0 Å². The molecule has 2 heteroatoms. The number of piperidine rings is 1. The van der Waals surface area contributed by atoms with Crippen LogP contribution in [0.4, 0.5) is 5.69 Å². The van der Waals surface area contributed by atoms with E-state index in [1.807, 2.05) is 0 Å². The van der Waals surface area contributed by atoms with Gasteiger partial charge in [0.25, 0.3) is 0 Å². The maximum absolute atomic E-state index is 10.0. The number of aliphatic hydroxyl groups is 1. The molecule has 1 aromatic carbocycles. The van der Waals surface area contributed by atoms with Gasteiger partial charge in [-0.05, 0) is 35.4 Å². The number of rotatable bonds is 2. The van der Waals surface area contributed by atoms with E-state index in [0.29, 0.717) is 17.8 Å². The lowest BCUT2D eigenvalue weighted by molar-refractivity contribution is 0.0529. The minimum atomic E-state index is -0.158. The Morgan fingerprint density at radius 2 is 1.78 bits per heavy atom. The van der Waals surface area contributed by atoms with Crippen LogP contribution in [0, 0.1) is 11.8 Å². The molecule has 0 radical (unpaired) electrons. The van der Waals surface area contributed by atoms with E-state index in [0.717, 1.165) is 13.1 Å². The first kappa shape index (κ1) is 13.4. The van der Waals surface area contributed by atoms with Crippen LogP contribution in [0.1, 0.15) is 39.2 Å². The van der Waals surface area contributed by atoms with Gasteiger partial charge in [-0.15, -0.1) is 0 Å². The maximum atomic E-state index is 10.0. The number of aliphatic hydroxyl groups excluding tert-OH is 1. The topological polar surface area (TPSA) is 23.5 Å². The second kappa shape index (κ2) is 5.31. The van der Waals surface area contributed by atoms with Crippen LogP contribution in [-0.2, 0) is 0 Å². The highest BCUT2D eigenvalue weighted by molar-refractivity contribution is 5.49. The predicted molar refractivity (Wildman–Crippen MR) is 77.1 cm³/mol. The molecule has 0 saturated carbocycles. The summed E-state index contributed by atoms with van der Waals surface area (Å²) in [6.07, 6.45) is -0.158. The van der Waals surface area contributed by atoms with Crippen LogP contribution in [0.2, 0.25) is 0 Å². The second-order valence-electron chi connectivity index (χ2n) is 6.10. The highest BCUT2D eigenvalue weighted by Gasteiger charge is 2.30. The molecule has 3 atom stereocenters. The van der Waals surface area contributed by atoms with Gasteiger partial charge in [-0.2, -0.15) is 0 Å². The summed E-state index contributed by atoms with van der Waals surface area (Å²) in [4.78, 5) is 2.41. The first-order valence-corrected chi connectivity index (χ1v) is 7.02. The van der Waals surface area contributed by atoms with E-state index in [4.69, 9.17) is 0 Å². The summed E-state index contributed by atoms with van der Waals surface area (Å²) >= 11 is 0. The Bertz CT molecular complexity index is 390. The average Bonchev–Trinajstić information content (AvgIpc) is 2.35. The maximum Gasteiger partial charge on any atom is 0.0624 e. The number of hydrogen-bond donors (Lipinski definition) is 1. The standard InChI is InChI=1S/C16H25NO/c1-11(2)14-6-5-7-15(8-14)17-9-12(3)16(18)13(4)10-17/h5-8,11-13,16,18H,9-10H2,1-4H3/t12-,13+,16?. The van der Waals surface area contributed by atoms with E-state index in [-0.39, 0.29) is 6.10 Å². The minimum Gasteiger partial charge on any atom is -0.392 e. The molecule has 2 nitrogen and oxygen atoms in total. The molecule has 0 aliphatic carbocycles. The lowest BCUT2D eigenvalue weighted by atomic mass is 9.88. The van der Waals surface area contributed by atoms with Crippen LogP contribution >= 0.6 is 0 Å². The van der Waals surface area contributed by atoms with Crippen LogP contribution in [0.15, 0.2) is 24.3 Å². The van der Waals surface area contributed by atoms with Crippen molar-refractivity contribution in [2.75, 3.05) is 18.0 Å². The normalized spacial score (nSPS) is 28.8. The van der Waals surface area contributed by atoms with Crippen molar-refractivity contribution >= 4 is 5.69 Å². The van der Waals surface area contributed by atoms with Crippen molar-refractivity contribution in [3.05, 3.63) is 29.8 Å². The Morgan fingerprint density at radius 3 is 2.33 bits per heavy atom. The summed E-state index contributed by atoms with van der Waals surface area (Å²) in [6.45, 7) is 10.6. The van der Waals surface area contributed by atoms with Gasteiger partial charge in [0.15, 0.2) is 0 Å². The van der Waals surface area contributed by atoms with Crippen molar-refractivity contribution in [1.29, 1.82) is 0 Å². The molecule has 0 amide bonds. The molecule has 18 heavy (non-hydrogen) atoms. The summed E-state index contributed by atoms with van der Waals surface area (Å²) in [5.74, 6) is 1.25. The third-order valence-corrected chi connectivity index (χ3v) is 4.08. The van der Waals surface area contributed by atoms with Crippen LogP contribution in [0.3, 0.4) is 0 Å². The van der Waals surface area contributed by atoms with Crippen molar-refractivity contribution < 1.29 is 5.11 Å². The summed E-state index contributed by atoms with van der Waals surface area (Å²) in [5, 5.41) is 10.0. The zero-order chi connectivity index (χ0) is 13.3. The van der Waals surface area contributed by atoms with E-state index in [9.17, 15) is 5.11 Å².